The average Bonchev–Trinajstić information content (AvgIpc) is 2.81. The second-order valence-electron chi connectivity index (χ2n) is 11.4. The van der Waals surface area contributed by atoms with Gasteiger partial charge in [0.15, 0.2) is 0 Å². The number of hydrogen-bond donors (Lipinski definition) is 0. The molecule has 3 saturated heterocycles. The van der Waals surface area contributed by atoms with E-state index in [1.807, 2.05) is 26.0 Å². The highest BCUT2D eigenvalue weighted by atomic mass is 16.5. The van der Waals surface area contributed by atoms with Crippen LogP contribution in [0.25, 0.3) is 11.1 Å². The van der Waals surface area contributed by atoms with Crippen LogP contribution in [-0.4, -0.2) is 47.7 Å². The molecule has 4 aliphatic rings. The number of piperidine rings is 3. The molecule has 2 aromatic rings. The summed E-state index contributed by atoms with van der Waals surface area (Å²) in [6, 6.07) is 14.7. The molecule has 3 fully saturated rings. The second kappa shape index (κ2) is 8.92. The summed E-state index contributed by atoms with van der Waals surface area (Å²) in [6.45, 7) is 11.5. The van der Waals surface area contributed by atoms with E-state index < -0.39 is 6.09 Å². The molecule has 34 heavy (non-hydrogen) atoms. The molecule has 3 aliphatic heterocycles. The smallest absolute Gasteiger partial charge is 0.137 e. The van der Waals surface area contributed by atoms with Crippen LogP contribution in [0.1, 0.15) is 64.1 Å². The second-order valence-corrected chi connectivity index (χ2v) is 11.4. The zero-order valence-electron chi connectivity index (χ0n) is 20.9. The van der Waals surface area contributed by atoms with Crippen LogP contribution in [0.4, 0.5) is 4.79 Å². The summed E-state index contributed by atoms with van der Waals surface area (Å²) in [5, 5.41) is 12.7. The minimum absolute atomic E-state index is 0.0240. The lowest BCUT2D eigenvalue weighted by molar-refractivity contribution is -0.277. The van der Waals surface area contributed by atoms with Gasteiger partial charge in [0.05, 0.1) is 12.1 Å². The van der Waals surface area contributed by atoms with Gasteiger partial charge in [0, 0.05) is 12.6 Å². The quantitative estimate of drug-likeness (QED) is 0.636. The zero-order chi connectivity index (χ0) is 24.0. The number of carbonyl (C=O) groups excluding carboxylic acids is 1. The Morgan fingerprint density at radius 1 is 1.09 bits per heavy atom. The summed E-state index contributed by atoms with van der Waals surface area (Å²) in [5.41, 5.74) is 4.58. The Morgan fingerprint density at radius 3 is 2.35 bits per heavy atom. The number of rotatable bonds is 5. The summed E-state index contributed by atoms with van der Waals surface area (Å²) < 4.78 is 5.79. The van der Waals surface area contributed by atoms with E-state index in [2.05, 4.69) is 49.1 Å². The summed E-state index contributed by atoms with van der Waals surface area (Å²) in [6.07, 6.45) is 3.23. The SMILES string of the molecule is CC(C)Oc1ccc(-c2ccc3c(c2)CCC(C)(C)[C@H]3N(C(=O)[O-])[C@@H]2CN3CCC2CC3)cc1. The van der Waals surface area contributed by atoms with Crippen molar-refractivity contribution in [2.45, 2.75) is 71.6 Å². The van der Waals surface area contributed by atoms with Gasteiger partial charge < -0.3 is 24.4 Å². The van der Waals surface area contributed by atoms with Gasteiger partial charge in [-0.1, -0.05) is 44.2 Å². The van der Waals surface area contributed by atoms with Crippen molar-refractivity contribution in [1.29, 1.82) is 0 Å². The summed E-state index contributed by atoms with van der Waals surface area (Å²) >= 11 is 0. The fourth-order valence-electron chi connectivity index (χ4n) is 6.49. The molecular formula is C29H37N2O3-. The van der Waals surface area contributed by atoms with Crippen molar-refractivity contribution in [2.75, 3.05) is 19.6 Å². The van der Waals surface area contributed by atoms with Crippen LogP contribution in [-0.2, 0) is 6.42 Å². The van der Waals surface area contributed by atoms with Gasteiger partial charge in [0.1, 0.15) is 11.8 Å². The lowest BCUT2D eigenvalue weighted by atomic mass is 9.68. The lowest BCUT2D eigenvalue weighted by Gasteiger charge is -2.56. The minimum Gasteiger partial charge on any atom is -0.530 e. The topological polar surface area (TPSA) is 55.8 Å². The van der Waals surface area contributed by atoms with E-state index in [1.54, 1.807) is 4.90 Å². The van der Waals surface area contributed by atoms with Gasteiger partial charge in [-0.05, 0) is 98.3 Å². The largest absolute Gasteiger partial charge is 0.530 e. The Kier molecular flexibility index (Phi) is 6.09. The van der Waals surface area contributed by atoms with Crippen LogP contribution in [0.15, 0.2) is 42.5 Å². The van der Waals surface area contributed by atoms with Crippen molar-refractivity contribution in [3.63, 3.8) is 0 Å². The molecule has 1 aliphatic carbocycles. The predicted octanol–water partition coefficient (Wildman–Crippen LogP) is 4.89. The van der Waals surface area contributed by atoms with Gasteiger partial charge in [-0.25, -0.2) is 0 Å². The molecule has 1 amide bonds. The number of carbonyl (C=O) groups is 1. The Labute approximate surface area is 203 Å². The van der Waals surface area contributed by atoms with Crippen molar-refractivity contribution in [1.82, 2.24) is 9.80 Å². The highest BCUT2D eigenvalue weighted by molar-refractivity contribution is 5.68. The first-order chi connectivity index (χ1) is 16.2. The molecule has 0 aromatic heterocycles. The number of aryl methyl sites for hydroxylation is 1. The predicted molar refractivity (Wildman–Crippen MR) is 133 cm³/mol. The monoisotopic (exact) mass is 461 g/mol. The van der Waals surface area contributed by atoms with Gasteiger partial charge in [-0.2, -0.15) is 0 Å². The standard InChI is InChI=1S/C29H38N2O3/c1-19(2)34-24-8-5-20(6-9-24)22-7-10-25-23(17-22)11-14-29(3,4)27(25)31(28(32)33)26-18-30-15-12-21(26)13-16-30/h5-10,17,19,21,26-27H,11-16,18H2,1-4H3,(H,32,33)/p-1/t26-,27+/m1/s1. The van der Waals surface area contributed by atoms with E-state index in [9.17, 15) is 9.90 Å². The van der Waals surface area contributed by atoms with Crippen LogP contribution in [0.5, 0.6) is 5.75 Å². The molecule has 0 N–H and O–H groups in total. The third-order valence-corrected chi connectivity index (χ3v) is 8.24. The number of hydrogen-bond acceptors (Lipinski definition) is 4. The molecule has 0 saturated carbocycles. The number of fused-ring (bicyclic) bond motifs is 4. The maximum Gasteiger partial charge on any atom is 0.137 e. The number of amides is 1. The maximum atomic E-state index is 12.7. The first-order valence-corrected chi connectivity index (χ1v) is 12.8. The summed E-state index contributed by atoms with van der Waals surface area (Å²) in [7, 11) is 0. The van der Waals surface area contributed by atoms with Crippen molar-refractivity contribution in [2.24, 2.45) is 11.3 Å². The Morgan fingerprint density at radius 2 is 1.76 bits per heavy atom. The van der Waals surface area contributed by atoms with Gasteiger partial charge >= 0.3 is 0 Å². The molecule has 6 rings (SSSR count). The molecule has 2 atom stereocenters. The zero-order valence-corrected chi connectivity index (χ0v) is 20.9. The molecule has 0 unspecified atom stereocenters. The van der Waals surface area contributed by atoms with Gasteiger partial charge in [-0.15, -0.1) is 0 Å². The van der Waals surface area contributed by atoms with E-state index in [0.717, 1.165) is 67.8 Å². The molecule has 0 radical (unpaired) electrons. The fourth-order valence-corrected chi connectivity index (χ4v) is 6.49. The average molecular weight is 462 g/mol. The molecular weight excluding hydrogens is 424 g/mol. The summed E-state index contributed by atoms with van der Waals surface area (Å²) in [5.74, 6) is 1.32. The van der Waals surface area contributed by atoms with E-state index >= 15 is 0 Å². The van der Waals surface area contributed by atoms with Gasteiger partial charge in [0.2, 0.25) is 0 Å². The van der Waals surface area contributed by atoms with Crippen LogP contribution in [0.2, 0.25) is 0 Å². The molecule has 182 valence electrons. The molecule has 5 nitrogen and oxygen atoms in total. The first kappa shape index (κ1) is 23.2. The van der Waals surface area contributed by atoms with Crippen LogP contribution in [0, 0.1) is 11.3 Å². The maximum absolute atomic E-state index is 12.7. The van der Waals surface area contributed by atoms with E-state index in [4.69, 9.17) is 4.74 Å². The van der Waals surface area contributed by atoms with E-state index in [0.29, 0.717) is 5.92 Å². The normalized spacial score (nSPS) is 27.3. The first-order valence-electron chi connectivity index (χ1n) is 12.8. The third kappa shape index (κ3) is 4.31. The molecule has 0 spiro atoms. The molecule has 3 heterocycles. The van der Waals surface area contributed by atoms with E-state index in [-0.39, 0.29) is 23.6 Å². The number of ether oxygens (including phenoxy) is 1. The molecule has 2 aromatic carbocycles. The van der Waals surface area contributed by atoms with Crippen molar-refractivity contribution in [3.05, 3.63) is 53.6 Å². The van der Waals surface area contributed by atoms with Crippen LogP contribution in [0.3, 0.4) is 0 Å². The Balaban J connectivity index is 1.48. The fraction of sp³-hybridized carbons (Fsp3) is 0.552. The Bertz CT molecular complexity index is 1040. The van der Waals surface area contributed by atoms with Crippen molar-refractivity contribution < 1.29 is 14.6 Å². The Hall–Kier alpha value is -2.53. The highest BCUT2D eigenvalue weighted by Gasteiger charge is 2.46. The van der Waals surface area contributed by atoms with Crippen molar-refractivity contribution >= 4 is 6.09 Å². The van der Waals surface area contributed by atoms with Gasteiger partial charge in [0.25, 0.3) is 0 Å². The van der Waals surface area contributed by atoms with Crippen LogP contribution < -0.4 is 9.84 Å². The van der Waals surface area contributed by atoms with Crippen LogP contribution >= 0.6 is 0 Å². The van der Waals surface area contributed by atoms with E-state index in [1.165, 1.54) is 5.56 Å². The minimum atomic E-state index is -1.02. The lowest BCUT2D eigenvalue weighted by Crippen LogP contribution is -2.63. The number of benzene rings is 2. The summed E-state index contributed by atoms with van der Waals surface area (Å²) in [4.78, 5) is 16.8. The highest BCUT2D eigenvalue weighted by Crippen LogP contribution is 2.50. The molecule has 5 heteroatoms. The molecule has 2 bridgehead atoms. The number of carboxylic acid groups (broad SMARTS) is 1. The van der Waals surface area contributed by atoms with Gasteiger partial charge in [-0.3, -0.25) is 0 Å². The third-order valence-electron chi connectivity index (χ3n) is 8.24. The van der Waals surface area contributed by atoms with Crippen molar-refractivity contribution in [3.8, 4) is 16.9 Å². The number of nitrogens with zero attached hydrogens (tertiary/aromatic N) is 2.